The highest BCUT2D eigenvalue weighted by Gasteiger charge is 1.97. The highest BCUT2D eigenvalue weighted by molar-refractivity contribution is 7.90. The molecular formula is C6H8S2. The van der Waals surface area contributed by atoms with Crippen LogP contribution in [-0.4, -0.2) is 0 Å². The van der Waals surface area contributed by atoms with Crippen LogP contribution in [0.3, 0.4) is 0 Å². The van der Waals surface area contributed by atoms with Gasteiger partial charge in [-0.25, -0.2) is 0 Å². The number of allylic oxidation sites excluding steroid dienone is 2. The number of hydrogen-bond donors (Lipinski definition) is 2. The van der Waals surface area contributed by atoms with Crippen LogP contribution in [0.5, 0.6) is 0 Å². The van der Waals surface area contributed by atoms with E-state index >= 15 is 0 Å². The van der Waals surface area contributed by atoms with Crippen LogP contribution in [0.1, 0.15) is 12.8 Å². The lowest BCUT2D eigenvalue weighted by Crippen LogP contribution is -1.80. The summed E-state index contributed by atoms with van der Waals surface area (Å²) in [5, 5.41) is 0. The fourth-order valence-electron chi connectivity index (χ4n) is 0.649. The quantitative estimate of drug-likeness (QED) is 0.479. The van der Waals surface area contributed by atoms with Crippen molar-refractivity contribution >= 4 is 25.3 Å². The summed E-state index contributed by atoms with van der Waals surface area (Å²) in [6.07, 6.45) is 6.41. The maximum atomic E-state index is 4.17. The van der Waals surface area contributed by atoms with Gasteiger partial charge in [0, 0.05) is 9.81 Å². The van der Waals surface area contributed by atoms with Crippen molar-refractivity contribution in [3.05, 3.63) is 22.0 Å². The Bertz CT molecular complexity index is 127. The van der Waals surface area contributed by atoms with Gasteiger partial charge in [-0.1, -0.05) is 12.2 Å². The van der Waals surface area contributed by atoms with Gasteiger partial charge in [-0.05, 0) is 12.8 Å². The van der Waals surface area contributed by atoms with E-state index in [1.165, 1.54) is 0 Å². The normalized spacial score (nSPS) is 19.8. The summed E-state index contributed by atoms with van der Waals surface area (Å²) in [4.78, 5) is 2.03. The molecule has 0 aromatic rings. The first kappa shape index (κ1) is 6.30. The van der Waals surface area contributed by atoms with Crippen LogP contribution in [0.2, 0.25) is 0 Å². The van der Waals surface area contributed by atoms with Crippen molar-refractivity contribution in [1.29, 1.82) is 0 Å². The van der Waals surface area contributed by atoms with Crippen LogP contribution >= 0.6 is 25.3 Å². The topological polar surface area (TPSA) is 0 Å². The third kappa shape index (κ3) is 1.33. The van der Waals surface area contributed by atoms with Crippen molar-refractivity contribution in [2.45, 2.75) is 12.8 Å². The summed E-state index contributed by atoms with van der Waals surface area (Å²) in [5.41, 5.74) is 0. The summed E-state index contributed by atoms with van der Waals surface area (Å²) in [5.74, 6) is 0. The van der Waals surface area contributed by atoms with Crippen LogP contribution in [-0.2, 0) is 0 Å². The molecule has 2 heteroatoms. The average molecular weight is 144 g/mol. The molecular weight excluding hydrogens is 136 g/mol. The molecule has 0 radical (unpaired) electrons. The maximum absolute atomic E-state index is 4.17. The predicted octanol–water partition coefficient (Wildman–Crippen LogP) is 2.41. The first-order chi connectivity index (χ1) is 3.80. The Kier molecular flexibility index (Phi) is 2.08. The molecule has 0 saturated heterocycles. The molecule has 0 bridgehead atoms. The van der Waals surface area contributed by atoms with Crippen LogP contribution < -0.4 is 0 Å². The van der Waals surface area contributed by atoms with Gasteiger partial charge in [-0.3, -0.25) is 0 Å². The van der Waals surface area contributed by atoms with E-state index in [4.69, 9.17) is 0 Å². The van der Waals surface area contributed by atoms with Crippen LogP contribution in [0.15, 0.2) is 22.0 Å². The van der Waals surface area contributed by atoms with Gasteiger partial charge in [-0.15, -0.1) is 25.3 Å². The maximum Gasteiger partial charge on any atom is 0.0131 e. The van der Waals surface area contributed by atoms with Crippen LogP contribution in [0, 0.1) is 0 Å². The smallest absolute Gasteiger partial charge is 0.0131 e. The fraction of sp³-hybridized carbons (Fsp3) is 0.333. The SMILES string of the molecule is SC1=CCCC=C1S. The molecule has 0 fully saturated rings. The lowest BCUT2D eigenvalue weighted by Gasteiger charge is -2.03. The molecule has 0 aromatic heterocycles. The molecule has 8 heavy (non-hydrogen) atoms. The summed E-state index contributed by atoms with van der Waals surface area (Å²) < 4.78 is 0. The zero-order valence-electron chi connectivity index (χ0n) is 4.46. The molecule has 0 aliphatic heterocycles. The molecule has 0 aromatic carbocycles. The second-order valence-electron chi connectivity index (χ2n) is 1.76. The molecule has 44 valence electrons. The van der Waals surface area contributed by atoms with Gasteiger partial charge in [0.2, 0.25) is 0 Å². The van der Waals surface area contributed by atoms with E-state index in [1.54, 1.807) is 0 Å². The van der Waals surface area contributed by atoms with Gasteiger partial charge in [0.25, 0.3) is 0 Å². The third-order valence-electron chi connectivity index (χ3n) is 1.10. The van der Waals surface area contributed by atoms with E-state index in [1.807, 2.05) is 0 Å². The zero-order valence-corrected chi connectivity index (χ0v) is 6.25. The average Bonchev–Trinajstić information content (AvgIpc) is 1.77. The van der Waals surface area contributed by atoms with E-state index in [-0.39, 0.29) is 0 Å². The molecule has 0 atom stereocenters. The van der Waals surface area contributed by atoms with Crippen LogP contribution in [0.4, 0.5) is 0 Å². The van der Waals surface area contributed by atoms with Gasteiger partial charge >= 0.3 is 0 Å². The molecule has 0 unspecified atom stereocenters. The van der Waals surface area contributed by atoms with Gasteiger partial charge in [0.05, 0.1) is 0 Å². The van der Waals surface area contributed by atoms with Crippen molar-refractivity contribution < 1.29 is 0 Å². The Balaban J connectivity index is 2.73. The van der Waals surface area contributed by atoms with E-state index in [0.717, 1.165) is 22.7 Å². The van der Waals surface area contributed by atoms with Crippen molar-refractivity contribution in [2.24, 2.45) is 0 Å². The van der Waals surface area contributed by atoms with E-state index in [0.29, 0.717) is 0 Å². The standard InChI is InChI=1S/C6H8S2/c7-5-3-1-2-4-6(5)8/h3-4,7-8H,1-2H2. The Labute approximate surface area is 60.5 Å². The molecule has 0 nitrogen and oxygen atoms in total. The van der Waals surface area contributed by atoms with Crippen molar-refractivity contribution in [1.82, 2.24) is 0 Å². The minimum atomic E-state index is 1.01. The Morgan fingerprint density at radius 1 is 1.00 bits per heavy atom. The summed E-state index contributed by atoms with van der Waals surface area (Å²) in [6.45, 7) is 0. The first-order valence-corrected chi connectivity index (χ1v) is 3.49. The summed E-state index contributed by atoms with van der Waals surface area (Å²) in [7, 11) is 0. The number of rotatable bonds is 0. The van der Waals surface area contributed by atoms with E-state index in [9.17, 15) is 0 Å². The van der Waals surface area contributed by atoms with Gasteiger partial charge in [0.15, 0.2) is 0 Å². The third-order valence-corrected chi connectivity index (χ3v) is 2.13. The number of thiol groups is 2. The summed E-state index contributed by atoms with van der Waals surface area (Å²) in [6, 6.07) is 0. The highest BCUT2D eigenvalue weighted by Crippen LogP contribution is 2.23. The lowest BCUT2D eigenvalue weighted by atomic mass is 10.2. The van der Waals surface area contributed by atoms with E-state index < -0.39 is 0 Å². The minimum Gasteiger partial charge on any atom is -0.143 e. The largest absolute Gasteiger partial charge is 0.143 e. The minimum absolute atomic E-state index is 1.01. The molecule has 1 rings (SSSR count). The molecule has 0 spiro atoms. The molecule has 1 aliphatic rings. The summed E-state index contributed by atoms with van der Waals surface area (Å²) >= 11 is 8.35. The predicted molar refractivity (Wildman–Crippen MR) is 43.4 cm³/mol. The highest BCUT2D eigenvalue weighted by atomic mass is 32.1. The van der Waals surface area contributed by atoms with Crippen molar-refractivity contribution in [2.75, 3.05) is 0 Å². The van der Waals surface area contributed by atoms with Gasteiger partial charge in [0.1, 0.15) is 0 Å². The van der Waals surface area contributed by atoms with Crippen molar-refractivity contribution in [3.8, 4) is 0 Å². The molecule has 0 amide bonds. The lowest BCUT2D eigenvalue weighted by molar-refractivity contribution is 1.03. The first-order valence-electron chi connectivity index (χ1n) is 2.59. The number of hydrogen-bond acceptors (Lipinski definition) is 2. The molecule has 0 heterocycles. The monoisotopic (exact) mass is 144 g/mol. The molecule has 0 N–H and O–H groups in total. The second kappa shape index (κ2) is 2.65. The Hall–Kier alpha value is 0.180. The van der Waals surface area contributed by atoms with E-state index in [2.05, 4.69) is 37.4 Å². The van der Waals surface area contributed by atoms with Gasteiger partial charge in [-0.2, -0.15) is 0 Å². The molecule has 1 aliphatic carbocycles. The molecule has 0 saturated carbocycles. The Morgan fingerprint density at radius 2 is 1.38 bits per heavy atom. The van der Waals surface area contributed by atoms with Crippen molar-refractivity contribution in [3.63, 3.8) is 0 Å². The second-order valence-corrected chi connectivity index (χ2v) is 2.72. The van der Waals surface area contributed by atoms with Gasteiger partial charge < -0.3 is 0 Å². The Morgan fingerprint density at radius 3 is 1.62 bits per heavy atom. The zero-order chi connectivity index (χ0) is 5.98. The fourth-order valence-corrected chi connectivity index (χ4v) is 1.09. The van der Waals surface area contributed by atoms with Crippen LogP contribution in [0.25, 0.3) is 0 Å².